The number of benzene rings is 2. The van der Waals surface area contributed by atoms with Crippen LogP contribution in [0.2, 0.25) is 0 Å². The number of nitrogens with zero attached hydrogens (tertiary/aromatic N) is 1. The van der Waals surface area contributed by atoms with E-state index in [1.54, 1.807) is 4.90 Å². The van der Waals surface area contributed by atoms with E-state index in [1.165, 1.54) is 0 Å². The van der Waals surface area contributed by atoms with Gasteiger partial charge in [-0.3, -0.25) is 14.4 Å². The van der Waals surface area contributed by atoms with Gasteiger partial charge in [0.2, 0.25) is 24.5 Å². The molecule has 7 atom stereocenters. The van der Waals surface area contributed by atoms with Gasteiger partial charge in [-0.2, -0.15) is 0 Å². The number of rotatable bonds is 6. The number of hydrogen-bond donors (Lipinski definition) is 2. The van der Waals surface area contributed by atoms with Gasteiger partial charge in [-0.05, 0) is 61.1 Å². The number of hydrogen-bond acceptors (Lipinski definition) is 6. The zero-order valence-electron chi connectivity index (χ0n) is 23.3. The summed E-state index contributed by atoms with van der Waals surface area (Å²) in [5.41, 5.74) is 1.28. The van der Waals surface area contributed by atoms with E-state index in [1.807, 2.05) is 61.5 Å². The first-order valence-corrected chi connectivity index (χ1v) is 14.6. The van der Waals surface area contributed by atoms with E-state index < -0.39 is 29.6 Å². The summed E-state index contributed by atoms with van der Waals surface area (Å²) in [6.07, 6.45) is 7.31. The van der Waals surface area contributed by atoms with E-state index in [0.29, 0.717) is 23.1 Å². The Morgan fingerprint density at radius 3 is 2.71 bits per heavy atom. The fraction of sp³-hybridized carbons (Fsp3) is 0.469. The molecule has 1 saturated carbocycles. The molecule has 0 radical (unpaired) electrons. The minimum atomic E-state index is -1.21. The minimum absolute atomic E-state index is 0.0391. The third kappa shape index (κ3) is 4.29. The Morgan fingerprint density at radius 1 is 1.05 bits per heavy atom. The Balaban J connectivity index is 1.22. The highest BCUT2D eigenvalue weighted by Crippen LogP contribution is 2.55. The quantitative estimate of drug-likeness (QED) is 0.525. The monoisotopic (exact) mass is 557 g/mol. The maximum absolute atomic E-state index is 14.3. The fourth-order valence-corrected chi connectivity index (χ4v) is 7.41. The zero-order chi connectivity index (χ0) is 28.3. The van der Waals surface area contributed by atoms with Gasteiger partial charge in [0.15, 0.2) is 11.5 Å². The maximum atomic E-state index is 14.3. The van der Waals surface area contributed by atoms with E-state index in [4.69, 9.17) is 14.2 Å². The predicted octanol–water partition coefficient (Wildman–Crippen LogP) is 3.71. The largest absolute Gasteiger partial charge is 0.454 e. The first-order valence-electron chi connectivity index (χ1n) is 14.6. The van der Waals surface area contributed by atoms with E-state index >= 15 is 0 Å². The molecule has 2 aromatic carbocycles. The molecule has 0 unspecified atom stereocenters. The van der Waals surface area contributed by atoms with Gasteiger partial charge in [-0.25, -0.2) is 0 Å². The van der Waals surface area contributed by atoms with Crippen molar-refractivity contribution in [1.29, 1.82) is 0 Å². The van der Waals surface area contributed by atoms with Crippen LogP contribution in [0.4, 0.5) is 5.69 Å². The molecular formula is C32H35N3O6. The zero-order valence-corrected chi connectivity index (χ0v) is 23.3. The van der Waals surface area contributed by atoms with Gasteiger partial charge in [0, 0.05) is 18.3 Å². The Labute approximate surface area is 239 Å². The topological polar surface area (TPSA) is 106 Å². The molecule has 9 nitrogen and oxygen atoms in total. The van der Waals surface area contributed by atoms with E-state index in [-0.39, 0.29) is 37.1 Å². The molecule has 2 saturated heterocycles. The van der Waals surface area contributed by atoms with Crippen LogP contribution in [0, 0.1) is 24.7 Å². The molecule has 2 bridgehead atoms. The second-order valence-corrected chi connectivity index (χ2v) is 12.1. The molecule has 4 heterocycles. The Bertz CT molecular complexity index is 1440. The third-order valence-corrected chi connectivity index (χ3v) is 9.44. The molecule has 2 aromatic rings. The van der Waals surface area contributed by atoms with Crippen molar-refractivity contribution in [3.05, 3.63) is 65.7 Å². The van der Waals surface area contributed by atoms with Crippen molar-refractivity contribution in [1.82, 2.24) is 10.2 Å². The maximum Gasteiger partial charge on any atom is 0.246 e. The molecule has 4 aliphatic heterocycles. The van der Waals surface area contributed by atoms with E-state index in [2.05, 4.69) is 17.6 Å². The molecule has 5 aliphatic rings. The van der Waals surface area contributed by atoms with Crippen molar-refractivity contribution in [2.24, 2.45) is 17.8 Å². The van der Waals surface area contributed by atoms with Gasteiger partial charge >= 0.3 is 0 Å². The van der Waals surface area contributed by atoms with Crippen LogP contribution in [0.25, 0.3) is 0 Å². The Hall–Kier alpha value is -3.85. The van der Waals surface area contributed by atoms with Gasteiger partial charge in [0.1, 0.15) is 11.6 Å². The van der Waals surface area contributed by atoms with Crippen LogP contribution in [0.5, 0.6) is 11.5 Å². The van der Waals surface area contributed by atoms with Crippen molar-refractivity contribution in [2.45, 2.75) is 69.9 Å². The molecule has 9 heteroatoms. The SMILES string of the molecule is Cc1cccc(NC(=O)[C@@H]2[C@@H]3C=C[C@]4(O3)[C@@H]2C(=O)N(Cc2ccc3c(c2)OCO3)[C@H]4C(=O)N[C@@H]2CCCC[C@@H]2C)c1. The van der Waals surface area contributed by atoms with Crippen LogP contribution in [0.15, 0.2) is 54.6 Å². The lowest BCUT2D eigenvalue weighted by molar-refractivity contribution is -0.142. The molecule has 214 valence electrons. The average molecular weight is 558 g/mol. The second kappa shape index (κ2) is 9.91. The van der Waals surface area contributed by atoms with Crippen molar-refractivity contribution < 1.29 is 28.6 Å². The van der Waals surface area contributed by atoms with Crippen LogP contribution in [0.1, 0.15) is 43.7 Å². The van der Waals surface area contributed by atoms with Crippen LogP contribution < -0.4 is 20.1 Å². The lowest BCUT2D eigenvalue weighted by atomic mass is 9.74. The molecule has 41 heavy (non-hydrogen) atoms. The van der Waals surface area contributed by atoms with Gasteiger partial charge in [-0.1, -0.05) is 50.1 Å². The first kappa shape index (κ1) is 26.1. The predicted molar refractivity (Wildman–Crippen MR) is 150 cm³/mol. The number of carbonyl (C=O) groups excluding carboxylic acids is 3. The van der Waals surface area contributed by atoms with Gasteiger partial charge in [0.25, 0.3) is 0 Å². The first-order chi connectivity index (χ1) is 19.8. The number of amides is 3. The van der Waals surface area contributed by atoms with Gasteiger partial charge < -0.3 is 29.7 Å². The summed E-state index contributed by atoms with van der Waals surface area (Å²) >= 11 is 0. The molecule has 1 aliphatic carbocycles. The Morgan fingerprint density at radius 2 is 1.88 bits per heavy atom. The number of anilines is 1. The van der Waals surface area contributed by atoms with Crippen LogP contribution >= 0.6 is 0 Å². The summed E-state index contributed by atoms with van der Waals surface area (Å²) in [7, 11) is 0. The Kier molecular flexibility index (Phi) is 6.30. The molecule has 0 aromatic heterocycles. The summed E-state index contributed by atoms with van der Waals surface area (Å²) in [6, 6.07) is 12.2. The van der Waals surface area contributed by atoms with E-state index in [9.17, 15) is 14.4 Å². The van der Waals surface area contributed by atoms with Crippen molar-refractivity contribution >= 4 is 23.4 Å². The number of fused-ring (bicyclic) bond motifs is 2. The highest BCUT2D eigenvalue weighted by Gasteiger charge is 2.72. The molecule has 3 fully saturated rings. The number of likely N-dealkylation sites (tertiary alicyclic amines) is 1. The average Bonchev–Trinajstić information content (AvgIpc) is 3.71. The van der Waals surface area contributed by atoms with Crippen molar-refractivity contribution in [3.8, 4) is 11.5 Å². The minimum Gasteiger partial charge on any atom is -0.454 e. The molecule has 1 spiro atoms. The summed E-state index contributed by atoms with van der Waals surface area (Å²) in [5, 5.41) is 6.27. The smallest absolute Gasteiger partial charge is 0.246 e. The van der Waals surface area contributed by atoms with Crippen LogP contribution in [-0.2, 0) is 25.7 Å². The van der Waals surface area contributed by atoms with Crippen molar-refractivity contribution in [3.63, 3.8) is 0 Å². The number of ether oxygens (including phenoxy) is 3. The van der Waals surface area contributed by atoms with E-state index in [0.717, 1.165) is 36.8 Å². The lowest BCUT2D eigenvalue weighted by Crippen LogP contribution is -2.57. The normalized spacial score (nSPS) is 32.7. The van der Waals surface area contributed by atoms with Gasteiger partial charge in [0.05, 0.1) is 17.9 Å². The van der Waals surface area contributed by atoms with Crippen LogP contribution in [0.3, 0.4) is 0 Å². The van der Waals surface area contributed by atoms with Gasteiger partial charge in [-0.15, -0.1) is 0 Å². The standard InChI is InChI=1S/C32H35N3O6/c1-18-6-5-8-21(14-18)33-29(36)26-24-12-13-32(41-24)27(26)31(38)35(16-20-10-11-23-25(15-20)40-17-39-23)28(32)30(37)34-22-9-4-3-7-19(22)2/h5-6,8,10-15,19,22,24,26-28H,3-4,7,9,16-17H2,1-2H3,(H,33,36)(H,34,37)/t19-,22+,24-,26+,27-,28-,32-/m0/s1. The highest BCUT2D eigenvalue weighted by atomic mass is 16.7. The number of nitrogens with one attached hydrogen (secondary N) is 2. The summed E-state index contributed by atoms with van der Waals surface area (Å²) < 4.78 is 17.5. The number of carbonyl (C=O) groups is 3. The lowest BCUT2D eigenvalue weighted by Gasteiger charge is -2.36. The van der Waals surface area contributed by atoms with Crippen molar-refractivity contribution in [2.75, 3.05) is 12.1 Å². The number of aryl methyl sites for hydroxylation is 1. The third-order valence-electron chi connectivity index (χ3n) is 9.44. The van der Waals surface area contributed by atoms with Crippen LogP contribution in [-0.4, -0.2) is 53.2 Å². The summed E-state index contributed by atoms with van der Waals surface area (Å²) in [6.45, 7) is 4.45. The molecule has 2 N–H and O–H groups in total. The summed E-state index contributed by atoms with van der Waals surface area (Å²) in [5.74, 6) is -0.720. The highest BCUT2D eigenvalue weighted by molar-refractivity contribution is 6.02. The molecule has 7 rings (SSSR count). The molecule has 3 amide bonds. The summed E-state index contributed by atoms with van der Waals surface area (Å²) in [4.78, 5) is 43.8. The second-order valence-electron chi connectivity index (χ2n) is 12.1. The fourth-order valence-electron chi connectivity index (χ4n) is 7.41. The molecular weight excluding hydrogens is 522 g/mol.